The highest BCUT2D eigenvalue weighted by molar-refractivity contribution is 6.36. The number of halogens is 1. The Bertz CT molecular complexity index is 528. The molecule has 0 aliphatic carbocycles. The molecule has 0 saturated carbocycles. The van der Waals surface area contributed by atoms with E-state index in [0.717, 1.165) is 19.5 Å². The SMILES string of the molecule is Nc1cccc(C(=O)N2CCCC(N3CCCC3)C2)c1Cl. The highest BCUT2D eigenvalue weighted by Crippen LogP contribution is 2.27. The number of hydrogen-bond acceptors (Lipinski definition) is 3. The number of carbonyl (C=O) groups is 1. The van der Waals surface area contributed by atoms with Crippen molar-refractivity contribution < 1.29 is 4.79 Å². The maximum atomic E-state index is 12.7. The van der Waals surface area contributed by atoms with Crippen molar-refractivity contribution in [1.82, 2.24) is 9.80 Å². The standard InChI is InChI=1S/C16H22ClN3O/c17-15-13(6-3-7-14(15)18)16(21)20-10-4-5-12(11-20)19-8-1-2-9-19/h3,6-7,12H,1-2,4-5,8-11,18H2. The molecule has 0 bridgehead atoms. The van der Waals surface area contributed by atoms with E-state index in [1.54, 1.807) is 18.2 Å². The minimum absolute atomic E-state index is 0.0104. The van der Waals surface area contributed by atoms with E-state index in [1.807, 2.05) is 4.90 Å². The van der Waals surface area contributed by atoms with Crippen molar-refractivity contribution in [2.75, 3.05) is 31.9 Å². The van der Waals surface area contributed by atoms with Crippen molar-refractivity contribution in [3.63, 3.8) is 0 Å². The molecule has 2 heterocycles. The smallest absolute Gasteiger partial charge is 0.255 e. The quantitative estimate of drug-likeness (QED) is 0.855. The monoisotopic (exact) mass is 307 g/mol. The van der Waals surface area contributed by atoms with Crippen LogP contribution in [0.5, 0.6) is 0 Å². The van der Waals surface area contributed by atoms with Crippen LogP contribution < -0.4 is 5.73 Å². The number of nitrogens with two attached hydrogens (primary N) is 1. The van der Waals surface area contributed by atoms with E-state index in [0.29, 0.717) is 22.3 Å². The van der Waals surface area contributed by atoms with E-state index in [2.05, 4.69) is 4.90 Å². The predicted molar refractivity (Wildman–Crippen MR) is 85.6 cm³/mol. The second kappa shape index (κ2) is 6.24. The maximum Gasteiger partial charge on any atom is 0.255 e. The zero-order valence-corrected chi connectivity index (χ0v) is 13.0. The summed E-state index contributed by atoms with van der Waals surface area (Å²) in [4.78, 5) is 17.2. The molecule has 0 aromatic heterocycles. The Hall–Kier alpha value is -1.26. The third kappa shape index (κ3) is 3.01. The molecule has 2 aliphatic heterocycles. The summed E-state index contributed by atoms with van der Waals surface area (Å²) >= 11 is 6.19. The number of piperidine rings is 1. The first-order chi connectivity index (χ1) is 10.2. The van der Waals surface area contributed by atoms with Gasteiger partial charge in [-0.3, -0.25) is 9.69 Å². The van der Waals surface area contributed by atoms with Crippen molar-refractivity contribution in [1.29, 1.82) is 0 Å². The molecule has 2 N–H and O–H groups in total. The first kappa shape index (κ1) is 14.7. The highest BCUT2D eigenvalue weighted by Gasteiger charge is 2.30. The third-order valence-electron chi connectivity index (χ3n) is 4.60. The predicted octanol–water partition coefficient (Wildman–Crippen LogP) is 2.62. The molecule has 1 aromatic carbocycles. The van der Waals surface area contributed by atoms with Gasteiger partial charge in [0.2, 0.25) is 0 Å². The summed E-state index contributed by atoms with van der Waals surface area (Å²) in [5.74, 6) is 0.0104. The minimum atomic E-state index is 0.0104. The molecule has 2 aliphatic rings. The van der Waals surface area contributed by atoms with Crippen molar-refractivity contribution in [3.05, 3.63) is 28.8 Å². The van der Waals surface area contributed by atoms with E-state index in [4.69, 9.17) is 17.3 Å². The number of nitrogens with zero attached hydrogens (tertiary/aromatic N) is 2. The Balaban J connectivity index is 1.73. The number of nitrogen functional groups attached to an aromatic ring is 1. The Morgan fingerprint density at radius 2 is 1.95 bits per heavy atom. The average Bonchev–Trinajstić information content (AvgIpc) is 3.04. The van der Waals surface area contributed by atoms with Crippen LogP contribution in [-0.4, -0.2) is 47.9 Å². The van der Waals surface area contributed by atoms with Crippen LogP contribution in [0.4, 0.5) is 5.69 Å². The lowest BCUT2D eigenvalue weighted by atomic mass is 10.0. The number of rotatable bonds is 2. The van der Waals surface area contributed by atoms with E-state index in [-0.39, 0.29) is 5.91 Å². The molecule has 1 amide bonds. The maximum absolute atomic E-state index is 12.7. The third-order valence-corrected chi connectivity index (χ3v) is 5.02. The molecule has 2 fully saturated rings. The topological polar surface area (TPSA) is 49.6 Å². The molecule has 114 valence electrons. The van der Waals surface area contributed by atoms with Gasteiger partial charge in [-0.2, -0.15) is 0 Å². The molecular formula is C16H22ClN3O. The first-order valence-electron chi connectivity index (χ1n) is 7.74. The van der Waals surface area contributed by atoms with Crippen LogP contribution in [0.15, 0.2) is 18.2 Å². The van der Waals surface area contributed by atoms with Crippen LogP contribution >= 0.6 is 11.6 Å². The summed E-state index contributed by atoms with van der Waals surface area (Å²) in [6.07, 6.45) is 4.82. The second-order valence-electron chi connectivity index (χ2n) is 6.00. The molecule has 1 aromatic rings. The molecule has 21 heavy (non-hydrogen) atoms. The van der Waals surface area contributed by atoms with Gasteiger partial charge in [0.1, 0.15) is 0 Å². The zero-order chi connectivity index (χ0) is 14.8. The van der Waals surface area contributed by atoms with Gasteiger partial charge < -0.3 is 10.6 Å². The van der Waals surface area contributed by atoms with E-state index >= 15 is 0 Å². The fourth-order valence-electron chi connectivity index (χ4n) is 3.43. The number of carbonyl (C=O) groups excluding carboxylic acids is 1. The molecule has 4 nitrogen and oxygen atoms in total. The number of amides is 1. The molecule has 1 atom stereocenters. The molecule has 0 spiro atoms. The summed E-state index contributed by atoms with van der Waals surface area (Å²) < 4.78 is 0. The Labute approximate surface area is 130 Å². The fourth-order valence-corrected chi connectivity index (χ4v) is 3.64. The molecule has 5 heteroatoms. The van der Waals surface area contributed by atoms with Gasteiger partial charge in [0.05, 0.1) is 16.3 Å². The van der Waals surface area contributed by atoms with E-state index in [9.17, 15) is 4.79 Å². The van der Waals surface area contributed by atoms with Gasteiger partial charge in [-0.1, -0.05) is 17.7 Å². The molecule has 3 rings (SSSR count). The van der Waals surface area contributed by atoms with Crippen molar-refractivity contribution in [2.45, 2.75) is 31.7 Å². The zero-order valence-electron chi connectivity index (χ0n) is 12.2. The normalized spacial score (nSPS) is 23.5. The van der Waals surface area contributed by atoms with Crippen LogP contribution in [-0.2, 0) is 0 Å². The Kier molecular flexibility index (Phi) is 4.36. The molecule has 1 unspecified atom stereocenters. The lowest BCUT2D eigenvalue weighted by Gasteiger charge is -2.37. The summed E-state index contributed by atoms with van der Waals surface area (Å²) in [5, 5.41) is 0.380. The molecule has 2 saturated heterocycles. The van der Waals surface area contributed by atoms with Crippen molar-refractivity contribution in [3.8, 4) is 0 Å². The Morgan fingerprint density at radius 3 is 2.71 bits per heavy atom. The molecular weight excluding hydrogens is 286 g/mol. The van der Waals surface area contributed by atoms with Crippen molar-refractivity contribution in [2.24, 2.45) is 0 Å². The van der Waals surface area contributed by atoms with Crippen LogP contribution in [0, 0.1) is 0 Å². The van der Waals surface area contributed by atoms with E-state index < -0.39 is 0 Å². The summed E-state index contributed by atoms with van der Waals surface area (Å²) in [6.45, 7) is 3.97. The summed E-state index contributed by atoms with van der Waals surface area (Å²) in [7, 11) is 0. The van der Waals surface area contributed by atoms with Crippen molar-refractivity contribution >= 4 is 23.2 Å². The van der Waals surface area contributed by atoms with Gasteiger partial charge in [0, 0.05) is 19.1 Å². The van der Waals surface area contributed by atoms with Gasteiger partial charge in [0.25, 0.3) is 5.91 Å². The number of likely N-dealkylation sites (tertiary alicyclic amines) is 2. The minimum Gasteiger partial charge on any atom is -0.398 e. The average molecular weight is 308 g/mol. The largest absolute Gasteiger partial charge is 0.398 e. The van der Waals surface area contributed by atoms with Crippen LogP contribution in [0.2, 0.25) is 5.02 Å². The number of anilines is 1. The summed E-state index contributed by atoms with van der Waals surface area (Å²) in [6, 6.07) is 5.78. The fraction of sp³-hybridized carbons (Fsp3) is 0.562. The lowest BCUT2D eigenvalue weighted by molar-refractivity contribution is 0.0608. The number of benzene rings is 1. The van der Waals surface area contributed by atoms with Crippen LogP contribution in [0.1, 0.15) is 36.0 Å². The van der Waals surface area contributed by atoms with Crippen LogP contribution in [0.25, 0.3) is 0 Å². The van der Waals surface area contributed by atoms with E-state index in [1.165, 1.54) is 32.4 Å². The summed E-state index contributed by atoms with van der Waals surface area (Å²) in [5.41, 5.74) is 6.80. The van der Waals surface area contributed by atoms with Gasteiger partial charge in [-0.05, 0) is 50.9 Å². The lowest BCUT2D eigenvalue weighted by Crippen LogP contribution is -2.49. The number of hydrogen-bond donors (Lipinski definition) is 1. The van der Waals surface area contributed by atoms with Gasteiger partial charge in [-0.15, -0.1) is 0 Å². The second-order valence-corrected chi connectivity index (χ2v) is 6.38. The van der Waals surface area contributed by atoms with Gasteiger partial charge >= 0.3 is 0 Å². The molecule has 0 radical (unpaired) electrons. The first-order valence-corrected chi connectivity index (χ1v) is 8.12. The Morgan fingerprint density at radius 1 is 1.19 bits per heavy atom. The van der Waals surface area contributed by atoms with Gasteiger partial charge in [-0.25, -0.2) is 0 Å². The van der Waals surface area contributed by atoms with Gasteiger partial charge in [0.15, 0.2) is 0 Å². The van der Waals surface area contributed by atoms with Crippen LogP contribution in [0.3, 0.4) is 0 Å². The highest BCUT2D eigenvalue weighted by atomic mass is 35.5.